The predicted octanol–water partition coefficient (Wildman–Crippen LogP) is 2.64. The Morgan fingerprint density at radius 2 is 2.24 bits per heavy atom. The van der Waals surface area contributed by atoms with Gasteiger partial charge in [-0.05, 0) is 25.0 Å². The highest BCUT2D eigenvalue weighted by Crippen LogP contribution is 2.24. The van der Waals surface area contributed by atoms with Gasteiger partial charge in [0.2, 0.25) is 0 Å². The van der Waals surface area contributed by atoms with Gasteiger partial charge in [-0.15, -0.1) is 0 Å². The van der Waals surface area contributed by atoms with E-state index in [-0.39, 0.29) is 6.54 Å². The molecule has 2 aromatic heterocycles. The average molecular weight is 311 g/mol. The lowest BCUT2D eigenvalue weighted by Crippen LogP contribution is -2.27. The molecule has 0 spiro atoms. The zero-order chi connectivity index (χ0) is 15.2. The van der Waals surface area contributed by atoms with E-state index in [1.54, 1.807) is 15.9 Å². The molecule has 0 aliphatic heterocycles. The lowest BCUT2D eigenvalue weighted by Gasteiger charge is -2.08. The number of amides is 1. The first-order valence-corrected chi connectivity index (χ1v) is 7.37. The maximum absolute atomic E-state index is 11.2. The number of fused-ring (bicyclic) bond motifs is 1. The second kappa shape index (κ2) is 7.28. The molecule has 0 aliphatic carbocycles. The van der Waals surface area contributed by atoms with E-state index >= 15 is 0 Å². The van der Waals surface area contributed by atoms with Gasteiger partial charge in [0.1, 0.15) is 16.6 Å². The Hall–Kier alpha value is -1.79. The average Bonchev–Trinajstić information content (AvgIpc) is 2.84. The van der Waals surface area contributed by atoms with Crippen LogP contribution in [0.4, 0.5) is 5.82 Å². The van der Waals surface area contributed by atoms with Crippen molar-refractivity contribution < 1.29 is 10.0 Å². The van der Waals surface area contributed by atoms with Gasteiger partial charge in [0.15, 0.2) is 0 Å². The zero-order valence-electron chi connectivity index (χ0n) is 11.9. The molecule has 0 aromatic carbocycles. The second-order valence-corrected chi connectivity index (χ2v) is 5.18. The van der Waals surface area contributed by atoms with Crippen LogP contribution in [0.25, 0.3) is 5.65 Å². The number of nitrogens with one attached hydrogen (secondary N) is 2. The van der Waals surface area contributed by atoms with E-state index in [2.05, 4.69) is 17.2 Å². The number of anilines is 1. The number of aryl methyl sites for hydroxylation is 1. The van der Waals surface area contributed by atoms with Crippen molar-refractivity contribution >= 4 is 29.0 Å². The monoisotopic (exact) mass is 310 g/mol. The van der Waals surface area contributed by atoms with Crippen LogP contribution >= 0.6 is 11.6 Å². The van der Waals surface area contributed by atoms with E-state index in [0.29, 0.717) is 11.0 Å². The molecule has 6 nitrogen and oxygen atoms in total. The number of pyridine rings is 1. The second-order valence-electron chi connectivity index (χ2n) is 4.79. The fraction of sp³-hybridized carbons (Fsp3) is 0.429. The molecule has 0 unspecified atom stereocenters. The summed E-state index contributed by atoms with van der Waals surface area (Å²) in [7, 11) is 0. The van der Waals surface area contributed by atoms with E-state index in [1.165, 1.54) is 0 Å². The van der Waals surface area contributed by atoms with E-state index in [1.807, 2.05) is 12.1 Å². The Kier molecular flexibility index (Phi) is 5.41. The Labute approximate surface area is 128 Å². The summed E-state index contributed by atoms with van der Waals surface area (Å²) in [5, 5.41) is 12.1. The molecule has 0 saturated carbocycles. The maximum atomic E-state index is 11.2. The van der Waals surface area contributed by atoms with Crippen molar-refractivity contribution in [1.82, 2.24) is 14.9 Å². The molecule has 114 valence electrons. The summed E-state index contributed by atoms with van der Waals surface area (Å²) in [6.07, 6.45) is 4.09. The van der Waals surface area contributed by atoms with Crippen molar-refractivity contribution in [2.75, 3.05) is 11.9 Å². The lowest BCUT2D eigenvalue weighted by molar-refractivity contribution is -0.127. The van der Waals surface area contributed by atoms with E-state index in [4.69, 9.17) is 16.8 Å². The number of hydroxylamine groups is 1. The minimum atomic E-state index is -0.517. The summed E-state index contributed by atoms with van der Waals surface area (Å²) in [5.74, 6) is 0.187. The Morgan fingerprint density at radius 3 is 2.95 bits per heavy atom. The summed E-state index contributed by atoms with van der Waals surface area (Å²) in [5.41, 5.74) is 3.21. The zero-order valence-corrected chi connectivity index (χ0v) is 12.7. The summed E-state index contributed by atoms with van der Waals surface area (Å²) < 4.78 is 1.77. The summed E-state index contributed by atoms with van der Waals surface area (Å²) >= 11 is 6.22. The Morgan fingerprint density at radius 1 is 1.43 bits per heavy atom. The largest absolute Gasteiger partial charge is 0.360 e. The van der Waals surface area contributed by atoms with Crippen LogP contribution in [0.15, 0.2) is 18.2 Å². The lowest BCUT2D eigenvalue weighted by atomic mass is 10.1. The van der Waals surface area contributed by atoms with Crippen molar-refractivity contribution in [3.05, 3.63) is 29.0 Å². The number of carbonyl (C=O) groups is 1. The number of aromatic nitrogens is 2. The molecule has 0 saturated heterocycles. The molecule has 2 rings (SSSR count). The molecule has 2 heterocycles. The number of nitrogens with zero attached hydrogens (tertiary/aromatic N) is 2. The third-order valence-electron chi connectivity index (χ3n) is 3.23. The van der Waals surface area contributed by atoms with Crippen molar-refractivity contribution in [2.45, 2.75) is 32.6 Å². The molecule has 0 fully saturated rings. The van der Waals surface area contributed by atoms with Gasteiger partial charge in [-0.2, -0.15) is 0 Å². The normalized spacial score (nSPS) is 10.8. The fourth-order valence-corrected chi connectivity index (χ4v) is 2.45. The standard InChI is InChI=1S/C14H19ClN4O2/c1-2-3-4-6-10-14(16-9-13(20)18-21)19-11(15)7-5-8-12(19)17-10/h5,7-8,16,21H,2-4,6,9H2,1H3,(H,18,20). The molecule has 0 bridgehead atoms. The maximum Gasteiger partial charge on any atom is 0.262 e. The van der Waals surface area contributed by atoms with Crippen LogP contribution in [0.1, 0.15) is 31.9 Å². The molecular formula is C14H19ClN4O2. The summed E-state index contributed by atoms with van der Waals surface area (Å²) in [4.78, 5) is 15.8. The van der Waals surface area contributed by atoms with Crippen LogP contribution in [-0.4, -0.2) is 27.0 Å². The molecule has 7 heteroatoms. The number of rotatable bonds is 7. The number of imidazole rings is 1. The Balaban J connectivity index is 2.31. The number of hydrogen-bond donors (Lipinski definition) is 3. The molecule has 0 aliphatic rings. The third kappa shape index (κ3) is 3.65. The highest BCUT2D eigenvalue weighted by atomic mass is 35.5. The number of halogens is 1. The first-order valence-electron chi connectivity index (χ1n) is 7.00. The summed E-state index contributed by atoms with van der Waals surface area (Å²) in [6.45, 7) is 2.10. The molecule has 21 heavy (non-hydrogen) atoms. The van der Waals surface area contributed by atoms with Gasteiger partial charge in [-0.1, -0.05) is 37.4 Å². The number of hydrogen-bond acceptors (Lipinski definition) is 4. The number of carbonyl (C=O) groups excluding carboxylic acids is 1. The smallest absolute Gasteiger partial charge is 0.262 e. The molecular weight excluding hydrogens is 292 g/mol. The van der Waals surface area contributed by atoms with Crippen LogP contribution in [0.2, 0.25) is 5.15 Å². The van der Waals surface area contributed by atoms with Crippen molar-refractivity contribution in [1.29, 1.82) is 0 Å². The molecule has 1 amide bonds. The highest BCUT2D eigenvalue weighted by molar-refractivity contribution is 6.30. The van der Waals surface area contributed by atoms with Gasteiger partial charge in [-0.3, -0.25) is 14.4 Å². The van der Waals surface area contributed by atoms with Gasteiger partial charge in [-0.25, -0.2) is 10.5 Å². The quantitative estimate of drug-likeness (QED) is 0.318. The van der Waals surface area contributed by atoms with Crippen molar-refractivity contribution in [3.63, 3.8) is 0 Å². The predicted molar refractivity (Wildman–Crippen MR) is 81.8 cm³/mol. The first-order chi connectivity index (χ1) is 10.2. The van der Waals surface area contributed by atoms with Gasteiger partial charge in [0.25, 0.3) is 5.91 Å². The highest BCUT2D eigenvalue weighted by Gasteiger charge is 2.14. The van der Waals surface area contributed by atoms with Crippen LogP contribution in [-0.2, 0) is 11.2 Å². The van der Waals surface area contributed by atoms with Gasteiger partial charge in [0.05, 0.1) is 12.2 Å². The Bertz CT molecular complexity index is 627. The fourth-order valence-electron chi connectivity index (χ4n) is 2.20. The minimum Gasteiger partial charge on any atom is -0.360 e. The first kappa shape index (κ1) is 15.6. The molecule has 0 atom stereocenters. The van der Waals surface area contributed by atoms with Gasteiger partial charge < -0.3 is 5.32 Å². The van der Waals surface area contributed by atoms with Crippen LogP contribution in [0, 0.1) is 0 Å². The topological polar surface area (TPSA) is 78.7 Å². The van der Waals surface area contributed by atoms with Crippen molar-refractivity contribution in [2.24, 2.45) is 0 Å². The van der Waals surface area contributed by atoms with Crippen LogP contribution in [0.3, 0.4) is 0 Å². The molecule has 0 radical (unpaired) electrons. The SMILES string of the molecule is CCCCCc1nc2cccc(Cl)n2c1NCC(=O)NO. The summed E-state index contributed by atoms with van der Waals surface area (Å²) in [6, 6.07) is 5.47. The minimum absolute atomic E-state index is 0.0453. The van der Waals surface area contributed by atoms with Gasteiger partial charge in [0, 0.05) is 0 Å². The van der Waals surface area contributed by atoms with E-state index in [9.17, 15) is 4.79 Å². The van der Waals surface area contributed by atoms with E-state index in [0.717, 1.165) is 37.0 Å². The third-order valence-corrected chi connectivity index (χ3v) is 3.52. The van der Waals surface area contributed by atoms with Crippen molar-refractivity contribution in [3.8, 4) is 0 Å². The van der Waals surface area contributed by atoms with Crippen LogP contribution in [0.5, 0.6) is 0 Å². The van der Waals surface area contributed by atoms with Crippen LogP contribution < -0.4 is 10.8 Å². The number of unbranched alkanes of at least 4 members (excludes halogenated alkanes) is 2. The molecule has 2 aromatic rings. The van der Waals surface area contributed by atoms with Gasteiger partial charge >= 0.3 is 0 Å². The van der Waals surface area contributed by atoms with E-state index < -0.39 is 5.91 Å². The molecule has 3 N–H and O–H groups in total.